The summed E-state index contributed by atoms with van der Waals surface area (Å²) in [5.41, 5.74) is 2.30. The minimum atomic E-state index is -1.84. The first-order valence-corrected chi connectivity index (χ1v) is 34.8. The van der Waals surface area contributed by atoms with E-state index in [1.54, 1.807) is 119 Å². The molecule has 0 aliphatic carbocycles. The molecule has 0 unspecified atom stereocenters. The van der Waals surface area contributed by atoms with Gasteiger partial charge in [0.2, 0.25) is 70.9 Å². The Balaban J connectivity index is 1.08. The van der Waals surface area contributed by atoms with Gasteiger partial charge in [-0.1, -0.05) is 125 Å². The molecule has 1 aromatic heterocycles. The molecule has 0 saturated carbocycles. The van der Waals surface area contributed by atoms with Gasteiger partial charge in [0.1, 0.15) is 66.5 Å². The van der Waals surface area contributed by atoms with Crippen LogP contribution in [0.2, 0.25) is 0 Å². The largest absolute Gasteiger partial charge is 0.480 e. The number of benzene rings is 3. The number of aliphatic carboxylic acids is 1. The van der Waals surface area contributed by atoms with Crippen molar-refractivity contribution in [1.29, 1.82) is 0 Å². The Labute approximate surface area is 602 Å². The molecule has 2 aliphatic heterocycles. The lowest BCUT2D eigenvalue weighted by Crippen LogP contribution is -2.63. The normalized spacial score (nSPS) is 17.9. The highest BCUT2D eigenvalue weighted by Gasteiger charge is 2.43. The first kappa shape index (κ1) is 82.7. The maximum Gasteiger partial charge on any atom is 0.326 e. The van der Waals surface area contributed by atoms with E-state index in [4.69, 9.17) is 0 Å². The summed E-state index contributed by atoms with van der Waals surface area (Å²) in [7, 11) is 0. The number of amides is 12. The molecule has 104 heavy (non-hydrogen) atoms. The number of aromatic amines is 1. The molecular formula is C71H99N15O18. The van der Waals surface area contributed by atoms with Gasteiger partial charge in [0.05, 0.1) is 44.3 Å². The quantitative estimate of drug-likeness (QED) is 0.0204. The Morgan fingerprint density at radius 2 is 0.971 bits per heavy atom. The van der Waals surface area contributed by atoms with Crippen LogP contribution in [0.3, 0.4) is 0 Å². The van der Waals surface area contributed by atoms with Crippen LogP contribution in [0.5, 0.6) is 0 Å². The zero-order valence-corrected chi connectivity index (χ0v) is 59.1. The second kappa shape index (κ2) is 41.2. The number of imidazole rings is 1. The van der Waals surface area contributed by atoms with E-state index in [1.807, 2.05) is 0 Å². The Morgan fingerprint density at radius 3 is 1.45 bits per heavy atom. The van der Waals surface area contributed by atoms with Crippen LogP contribution in [0.4, 0.5) is 0 Å². The highest BCUT2D eigenvalue weighted by atomic mass is 16.4. The van der Waals surface area contributed by atoms with Crippen LogP contribution in [-0.2, 0) is 88.0 Å². The van der Waals surface area contributed by atoms with Crippen molar-refractivity contribution in [2.75, 3.05) is 32.8 Å². The summed E-state index contributed by atoms with van der Waals surface area (Å²) in [6.07, 6.45) is 0.960. The first-order chi connectivity index (χ1) is 49.6. The predicted octanol–water partition coefficient (Wildman–Crippen LogP) is -3.69. The van der Waals surface area contributed by atoms with Crippen LogP contribution in [0.15, 0.2) is 104 Å². The number of carboxylic acid groups (broad SMARTS) is 1. The van der Waals surface area contributed by atoms with Crippen LogP contribution in [0.1, 0.15) is 102 Å². The standard InChI is InChI=1S/C71H99N15O18/c1-7-40(4)57(69(101)84-58(41(5)89)68(100)74-35-56(91)76-48(29-39(2)3)61(93)80-52(71(103)104)32-45-23-15-10-16-24-45)83-65(97)54(37-88)82-67(99)55-26-18-28-86(55)70(102)59(42(6)90)85-66(98)53(36-87)81-63(95)50(31-44-21-13-9-14-22-44)78-64(96)51(33-46-34-72-38-75-46)79-62(94)49(30-43-19-11-8-12-20-43)77-60(92)47-25-17-27-73-47/h8-16,19-24,34,38-42,47-55,57-59,73,87-90H,7,17-18,25-33,35-37H2,1-6H3,(H,72,75)(H,74,100)(H,76,91)(H,77,92)(H,78,96)(H,79,94)(H,80,93)(H,81,95)(H,82,99)(H,83,97)(H,84,101)(H,85,98)(H,103,104)/t40-,41+,42+,47-,48-,49-,50-,51-,52-,53-,54-,55-,57-,58-,59-/m0/s1. The molecule has 15 atom stereocenters. The molecule has 33 heteroatoms. The van der Waals surface area contributed by atoms with Crippen molar-refractivity contribution in [3.05, 3.63) is 126 Å². The number of rotatable bonds is 40. The third-order valence-electron chi connectivity index (χ3n) is 17.9. The van der Waals surface area contributed by atoms with Crippen molar-refractivity contribution in [2.24, 2.45) is 11.8 Å². The SMILES string of the molecule is CC[C@H](C)[C@H](NC(=O)[C@H](CO)NC(=O)[C@@H]1CCCN1C(=O)[C@@H](NC(=O)[C@H](CO)NC(=O)[C@H](Cc1ccccc1)NC(=O)[C@H](Cc1cnc[nH]1)NC(=O)[C@H](Cc1ccccc1)NC(=O)[C@@H]1CCCN1)[C@@H](C)O)C(=O)N[C@H](C(=O)NCC(=O)N[C@@H](CC(C)C)C(=O)N[C@@H](Cc1ccccc1)C(=O)O)[C@@H](C)O. The number of hydrogen-bond donors (Lipinski definition) is 18. The van der Waals surface area contributed by atoms with Gasteiger partial charge in [0.15, 0.2) is 0 Å². The number of carbonyl (C=O) groups is 13. The van der Waals surface area contributed by atoms with E-state index in [1.165, 1.54) is 19.4 Å². The number of H-pyrrole nitrogens is 1. The zero-order chi connectivity index (χ0) is 76.2. The molecule has 2 aliphatic rings. The van der Waals surface area contributed by atoms with Crippen molar-refractivity contribution >= 4 is 76.9 Å². The Morgan fingerprint density at radius 1 is 0.510 bits per heavy atom. The highest BCUT2D eigenvalue weighted by Crippen LogP contribution is 2.21. The number of aliphatic hydroxyl groups is 4. The minimum absolute atomic E-state index is 0.0182. The summed E-state index contributed by atoms with van der Waals surface area (Å²) in [6, 6.07) is 8.67. The lowest BCUT2D eigenvalue weighted by Gasteiger charge is -2.32. The maximum absolute atomic E-state index is 14.6. The molecule has 3 heterocycles. The van der Waals surface area contributed by atoms with Gasteiger partial charge in [-0.3, -0.25) is 57.5 Å². The fourth-order valence-electron chi connectivity index (χ4n) is 11.9. The van der Waals surface area contributed by atoms with Crippen LogP contribution < -0.4 is 63.8 Å². The number of likely N-dealkylation sites (tertiary alicyclic amines) is 1. The van der Waals surface area contributed by atoms with Gasteiger partial charge in [0, 0.05) is 44.1 Å². The van der Waals surface area contributed by atoms with E-state index in [0.29, 0.717) is 35.3 Å². The molecule has 12 amide bonds. The fraction of sp³-hybridized carbons (Fsp3) is 0.521. The molecule has 2 saturated heterocycles. The topological polar surface area (TPSA) is 499 Å². The van der Waals surface area contributed by atoms with Gasteiger partial charge in [-0.05, 0) is 81.0 Å². The second-order valence-corrected chi connectivity index (χ2v) is 26.6. The van der Waals surface area contributed by atoms with E-state index in [0.717, 1.165) is 18.2 Å². The van der Waals surface area contributed by atoms with Crippen molar-refractivity contribution in [3.8, 4) is 0 Å². The van der Waals surface area contributed by atoms with E-state index in [9.17, 15) is 87.9 Å². The van der Waals surface area contributed by atoms with Gasteiger partial charge >= 0.3 is 5.97 Å². The van der Waals surface area contributed by atoms with Crippen molar-refractivity contribution < 1.29 is 87.9 Å². The van der Waals surface area contributed by atoms with Gasteiger partial charge in [-0.25, -0.2) is 9.78 Å². The third kappa shape index (κ3) is 25.3. The summed E-state index contributed by atoms with van der Waals surface area (Å²) in [6.45, 7) is 6.72. The molecule has 6 rings (SSSR count). The number of aliphatic hydroxyl groups excluding tert-OH is 4. The molecule has 2 fully saturated rings. The van der Waals surface area contributed by atoms with Crippen LogP contribution in [-0.4, -0.2) is 235 Å². The van der Waals surface area contributed by atoms with E-state index in [-0.39, 0.29) is 63.8 Å². The molecule has 18 N–H and O–H groups in total. The molecule has 0 bridgehead atoms. The van der Waals surface area contributed by atoms with Crippen molar-refractivity contribution in [1.82, 2.24) is 78.7 Å². The third-order valence-corrected chi connectivity index (χ3v) is 17.9. The molecule has 0 radical (unpaired) electrons. The molecule has 33 nitrogen and oxygen atoms in total. The molecule has 0 spiro atoms. The number of nitrogens with zero attached hydrogens (tertiary/aromatic N) is 2. The van der Waals surface area contributed by atoms with Crippen LogP contribution >= 0.6 is 0 Å². The first-order valence-electron chi connectivity index (χ1n) is 34.8. The van der Waals surface area contributed by atoms with E-state index >= 15 is 0 Å². The van der Waals surface area contributed by atoms with Crippen LogP contribution in [0, 0.1) is 11.8 Å². The fourth-order valence-corrected chi connectivity index (χ4v) is 11.9. The van der Waals surface area contributed by atoms with Gasteiger partial charge in [-0.2, -0.15) is 0 Å². The number of aromatic nitrogens is 2. The maximum atomic E-state index is 14.6. The lowest BCUT2D eigenvalue weighted by atomic mass is 9.97. The highest BCUT2D eigenvalue weighted by molar-refractivity contribution is 6.00. The molecule has 3 aromatic carbocycles. The van der Waals surface area contributed by atoms with Gasteiger partial charge in [0.25, 0.3) is 0 Å². The average molecular weight is 1450 g/mol. The van der Waals surface area contributed by atoms with E-state index < -0.39 is 187 Å². The predicted molar refractivity (Wildman–Crippen MR) is 375 cm³/mol. The second-order valence-electron chi connectivity index (χ2n) is 26.6. The number of carboxylic acids is 1. The van der Waals surface area contributed by atoms with E-state index in [2.05, 4.69) is 73.8 Å². The monoisotopic (exact) mass is 1450 g/mol. The van der Waals surface area contributed by atoms with Gasteiger partial charge in [-0.15, -0.1) is 0 Å². The minimum Gasteiger partial charge on any atom is -0.480 e. The average Bonchev–Trinajstić information content (AvgIpc) is 1.56. The van der Waals surface area contributed by atoms with Gasteiger partial charge < -0.3 is 99.2 Å². The summed E-state index contributed by atoms with van der Waals surface area (Å²) >= 11 is 0. The van der Waals surface area contributed by atoms with Crippen molar-refractivity contribution in [3.63, 3.8) is 0 Å². The smallest absolute Gasteiger partial charge is 0.326 e. The zero-order valence-electron chi connectivity index (χ0n) is 59.1. The number of hydrogen-bond acceptors (Lipinski definition) is 19. The Kier molecular flexibility index (Phi) is 32.8. The summed E-state index contributed by atoms with van der Waals surface area (Å²) < 4.78 is 0. The van der Waals surface area contributed by atoms with Crippen molar-refractivity contribution in [2.45, 2.75) is 190 Å². The summed E-state index contributed by atoms with van der Waals surface area (Å²) in [5.74, 6) is -13.2. The number of carbonyl (C=O) groups excluding carboxylic acids is 12. The molecule has 566 valence electrons. The lowest BCUT2D eigenvalue weighted by molar-refractivity contribution is -0.145. The van der Waals surface area contributed by atoms with Crippen LogP contribution in [0.25, 0.3) is 0 Å². The summed E-state index contributed by atoms with van der Waals surface area (Å²) in [4.78, 5) is 188. The number of nitrogens with one attached hydrogen (secondary N) is 13. The Bertz CT molecular complexity index is 3530. The molecule has 4 aromatic rings. The molecular weight excluding hydrogens is 1350 g/mol. The Hall–Kier alpha value is -10.2. The summed E-state index contributed by atoms with van der Waals surface area (Å²) in [5, 5.41) is 83.5.